The van der Waals surface area contributed by atoms with Crippen LogP contribution in [0, 0.1) is 18.6 Å². The fraction of sp³-hybridized carbons (Fsp3) is 0.286. The minimum Gasteiger partial charge on any atom is -0.388 e. The van der Waals surface area contributed by atoms with Crippen LogP contribution in [0.1, 0.15) is 19.4 Å². The number of aromatic nitrogens is 2. The Morgan fingerprint density at radius 1 is 1.19 bits per heavy atom. The molecule has 1 aromatic carbocycles. The van der Waals surface area contributed by atoms with Gasteiger partial charge in [0, 0.05) is 24.5 Å². The molecule has 4 nitrogen and oxygen atoms in total. The lowest BCUT2D eigenvalue weighted by molar-refractivity contribution is 0.569. The van der Waals surface area contributed by atoms with Crippen LogP contribution in [0.5, 0.6) is 0 Å². The van der Waals surface area contributed by atoms with E-state index >= 15 is 0 Å². The highest BCUT2D eigenvalue weighted by Gasteiger charge is 2.04. The van der Waals surface area contributed by atoms with Gasteiger partial charge in [-0.15, -0.1) is 0 Å². The van der Waals surface area contributed by atoms with Gasteiger partial charge in [0.1, 0.15) is 16.8 Å². The van der Waals surface area contributed by atoms with Gasteiger partial charge in [-0.05, 0) is 25.1 Å². The van der Waals surface area contributed by atoms with Crippen molar-refractivity contribution in [3.8, 4) is 0 Å². The van der Waals surface area contributed by atoms with Gasteiger partial charge in [0.15, 0.2) is 0 Å². The SMILES string of the molecule is CC.CNc1cc(F)c(C)c(F)c1.Nc1nccc(Cl)n1. The van der Waals surface area contributed by atoms with E-state index in [1.807, 2.05) is 13.8 Å². The number of anilines is 2. The van der Waals surface area contributed by atoms with Gasteiger partial charge in [-0.2, -0.15) is 0 Å². The monoisotopic (exact) mass is 316 g/mol. The molecule has 0 aliphatic carbocycles. The van der Waals surface area contributed by atoms with Crippen molar-refractivity contribution in [2.45, 2.75) is 20.8 Å². The molecule has 0 atom stereocenters. The van der Waals surface area contributed by atoms with Crippen molar-refractivity contribution in [1.82, 2.24) is 9.97 Å². The van der Waals surface area contributed by atoms with E-state index in [1.165, 1.54) is 25.3 Å². The number of nitrogen functional groups attached to an aromatic ring is 1. The zero-order valence-electron chi connectivity index (χ0n) is 12.4. The van der Waals surface area contributed by atoms with Gasteiger partial charge in [-0.1, -0.05) is 25.4 Å². The summed E-state index contributed by atoms with van der Waals surface area (Å²) in [5.41, 5.74) is 5.66. The Balaban J connectivity index is 0.000000354. The van der Waals surface area contributed by atoms with Gasteiger partial charge in [-0.25, -0.2) is 18.7 Å². The van der Waals surface area contributed by atoms with Crippen LogP contribution < -0.4 is 11.1 Å². The zero-order valence-corrected chi connectivity index (χ0v) is 13.2. The Hall–Kier alpha value is -1.95. The first kappa shape index (κ1) is 19.1. The van der Waals surface area contributed by atoms with Crippen molar-refractivity contribution in [3.05, 3.63) is 46.7 Å². The smallest absolute Gasteiger partial charge is 0.221 e. The predicted octanol–water partition coefficient (Wildman–Crippen LogP) is 4.05. The van der Waals surface area contributed by atoms with Crippen LogP contribution in [0.3, 0.4) is 0 Å². The molecule has 0 spiro atoms. The molecule has 0 saturated carbocycles. The number of nitrogens with zero attached hydrogens (tertiary/aromatic N) is 2. The average Bonchev–Trinajstić information content (AvgIpc) is 2.46. The largest absolute Gasteiger partial charge is 0.388 e. The van der Waals surface area contributed by atoms with Crippen LogP contribution in [0.15, 0.2) is 24.4 Å². The van der Waals surface area contributed by atoms with Gasteiger partial charge < -0.3 is 11.1 Å². The summed E-state index contributed by atoms with van der Waals surface area (Å²) in [5.74, 6) is -0.832. The molecule has 0 fully saturated rings. The Morgan fingerprint density at radius 3 is 2.05 bits per heavy atom. The van der Waals surface area contributed by atoms with Crippen LogP contribution in [-0.4, -0.2) is 17.0 Å². The highest BCUT2D eigenvalue weighted by molar-refractivity contribution is 6.29. The van der Waals surface area contributed by atoms with E-state index in [0.29, 0.717) is 10.8 Å². The zero-order chi connectivity index (χ0) is 16.4. The Kier molecular flexibility index (Phi) is 8.96. The molecule has 2 aromatic rings. The summed E-state index contributed by atoms with van der Waals surface area (Å²) < 4.78 is 25.5. The van der Waals surface area contributed by atoms with E-state index in [1.54, 1.807) is 13.1 Å². The van der Waals surface area contributed by atoms with Crippen LogP contribution in [0.25, 0.3) is 0 Å². The number of benzene rings is 1. The molecule has 7 heteroatoms. The van der Waals surface area contributed by atoms with E-state index in [0.717, 1.165) is 0 Å². The van der Waals surface area contributed by atoms with Gasteiger partial charge in [0.05, 0.1) is 0 Å². The Labute approximate surface area is 128 Å². The lowest BCUT2D eigenvalue weighted by atomic mass is 10.2. The molecule has 0 aliphatic rings. The topological polar surface area (TPSA) is 63.8 Å². The lowest BCUT2D eigenvalue weighted by Crippen LogP contribution is -1.94. The molecule has 3 N–H and O–H groups in total. The molecular formula is C14H19ClF2N4. The molecule has 1 heterocycles. The van der Waals surface area contributed by atoms with Crippen LogP contribution in [0.4, 0.5) is 20.4 Å². The number of halogens is 3. The second-order valence-corrected chi connectivity index (χ2v) is 3.94. The van der Waals surface area contributed by atoms with Crippen molar-refractivity contribution in [1.29, 1.82) is 0 Å². The fourth-order valence-corrected chi connectivity index (χ4v) is 1.28. The third kappa shape index (κ3) is 6.85. The second kappa shape index (κ2) is 9.88. The first-order valence-electron chi connectivity index (χ1n) is 6.31. The van der Waals surface area contributed by atoms with Crippen molar-refractivity contribution in [2.24, 2.45) is 0 Å². The first-order chi connectivity index (χ1) is 9.93. The average molecular weight is 317 g/mol. The van der Waals surface area contributed by atoms with E-state index in [-0.39, 0.29) is 11.5 Å². The van der Waals surface area contributed by atoms with Gasteiger partial charge in [0.2, 0.25) is 5.95 Å². The highest BCUT2D eigenvalue weighted by atomic mass is 35.5. The van der Waals surface area contributed by atoms with E-state index in [9.17, 15) is 8.78 Å². The second-order valence-electron chi connectivity index (χ2n) is 3.55. The molecule has 0 unspecified atom stereocenters. The third-order valence-corrected chi connectivity index (χ3v) is 2.42. The Morgan fingerprint density at radius 2 is 1.71 bits per heavy atom. The number of hydrogen-bond donors (Lipinski definition) is 2. The van der Waals surface area contributed by atoms with E-state index in [4.69, 9.17) is 17.3 Å². The van der Waals surface area contributed by atoms with Crippen molar-refractivity contribution >= 4 is 23.2 Å². The maximum atomic E-state index is 12.7. The lowest BCUT2D eigenvalue weighted by Gasteiger charge is -2.02. The number of nitrogens with one attached hydrogen (secondary N) is 1. The summed E-state index contributed by atoms with van der Waals surface area (Å²) in [6, 6.07) is 4.09. The summed E-state index contributed by atoms with van der Waals surface area (Å²) in [6.45, 7) is 5.41. The summed E-state index contributed by atoms with van der Waals surface area (Å²) >= 11 is 5.41. The molecule has 1 aromatic heterocycles. The minimum atomic E-state index is -0.519. The maximum absolute atomic E-state index is 12.7. The van der Waals surface area contributed by atoms with Gasteiger partial charge in [0.25, 0.3) is 0 Å². The molecule has 0 amide bonds. The fourth-order valence-electron chi connectivity index (χ4n) is 1.14. The molecule has 0 aliphatic heterocycles. The standard InChI is InChI=1S/C8H9F2N.C4H4ClN3.C2H6/c1-5-7(9)3-6(11-2)4-8(5)10;5-3-1-2-7-4(6)8-3;1-2/h3-4,11H,1-2H3;1-2H,(H2,6,7,8);1-2H3. The molecule has 0 saturated heterocycles. The van der Waals surface area contributed by atoms with E-state index < -0.39 is 11.6 Å². The highest BCUT2D eigenvalue weighted by Crippen LogP contribution is 2.16. The van der Waals surface area contributed by atoms with Crippen LogP contribution >= 0.6 is 11.6 Å². The first-order valence-corrected chi connectivity index (χ1v) is 6.69. The quantitative estimate of drug-likeness (QED) is 0.779. The Bertz CT molecular complexity index is 524. The number of nitrogens with two attached hydrogens (primary N) is 1. The van der Waals surface area contributed by atoms with Crippen LogP contribution in [0.2, 0.25) is 5.15 Å². The van der Waals surface area contributed by atoms with E-state index in [2.05, 4.69) is 15.3 Å². The summed E-state index contributed by atoms with van der Waals surface area (Å²) in [4.78, 5) is 7.23. The number of rotatable bonds is 1. The summed E-state index contributed by atoms with van der Waals surface area (Å²) in [6.07, 6.45) is 1.50. The third-order valence-electron chi connectivity index (χ3n) is 2.21. The minimum absolute atomic E-state index is 0.0593. The molecule has 116 valence electrons. The van der Waals surface area contributed by atoms with Crippen LogP contribution in [-0.2, 0) is 0 Å². The molecule has 2 rings (SSSR count). The molecule has 21 heavy (non-hydrogen) atoms. The predicted molar refractivity (Wildman–Crippen MR) is 83.4 cm³/mol. The number of hydrogen-bond acceptors (Lipinski definition) is 4. The summed E-state index contributed by atoms with van der Waals surface area (Å²) in [5, 5.41) is 3.03. The van der Waals surface area contributed by atoms with Crippen molar-refractivity contribution < 1.29 is 8.78 Å². The molecular weight excluding hydrogens is 298 g/mol. The van der Waals surface area contributed by atoms with Gasteiger partial charge in [-0.3, -0.25) is 0 Å². The summed E-state index contributed by atoms with van der Waals surface area (Å²) in [7, 11) is 1.61. The maximum Gasteiger partial charge on any atom is 0.221 e. The van der Waals surface area contributed by atoms with Crippen molar-refractivity contribution in [3.63, 3.8) is 0 Å². The molecule has 0 bridgehead atoms. The van der Waals surface area contributed by atoms with Gasteiger partial charge >= 0.3 is 0 Å². The normalized spacial score (nSPS) is 8.90. The molecule has 0 radical (unpaired) electrons. The van der Waals surface area contributed by atoms with Crippen molar-refractivity contribution in [2.75, 3.05) is 18.1 Å².